The van der Waals surface area contributed by atoms with Crippen LogP contribution in [0, 0.1) is 35.4 Å². The second kappa shape index (κ2) is 11.7. The largest absolute Gasteiger partial charge is 0.376 e. The van der Waals surface area contributed by atoms with Gasteiger partial charge in [-0.05, 0) is 87.8 Å². The number of halogens is 1. The first-order chi connectivity index (χ1) is 19.3. The van der Waals surface area contributed by atoms with E-state index < -0.39 is 0 Å². The first kappa shape index (κ1) is 27.6. The normalized spacial score (nSPS) is 21.0. The number of fused-ring (bicyclic) bond motifs is 1. The molecule has 1 aliphatic carbocycles. The maximum atomic E-state index is 14.0. The molecule has 1 atom stereocenters. The Hall–Kier alpha value is -3.95. The maximum absolute atomic E-state index is 14.0. The summed E-state index contributed by atoms with van der Waals surface area (Å²) in [4.78, 5) is 22.0. The molecule has 5 rings (SSSR count). The predicted molar refractivity (Wildman–Crippen MR) is 153 cm³/mol. The first-order valence-electron chi connectivity index (χ1n) is 14.0. The number of nitrogens with zero attached hydrogens (tertiary/aromatic N) is 6. The Morgan fingerprint density at radius 2 is 1.82 bits per heavy atom. The van der Waals surface area contributed by atoms with Crippen LogP contribution >= 0.6 is 0 Å². The molecule has 0 N–H and O–H groups in total. The summed E-state index contributed by atoms with van der Waals surface area (Å²) in [6.45, 7) is 3.52. The van der Waals surface area contributed by atoms with E-state index in [1.807, 2.05) is 24.9 Å². The van der Waals surface area contributed by atoms with Gasteiger partial charge in [-0.15, -0.1) is 0 Å². The Morgan fingerprint density at radius 3 is 2.48 bits per heavy atom. The van der Waals surface area contributed by atoms with E-state index in [0.717, 1.165) is 69.3 Å². The number of anilines is 2. The number of rotatable bonds is 6. The van der Waals surface area contributed by atoms with Crippen LogP contribution in [0.4, 0.5) is 15.8 Å². The van der Waals surface area contributed by atoms with Crippen molar-refractivity contribution in [3.8, 4) is 12.1 Å². The van der Waals surface area contributed by atoms with Gasteiger partial charge in [-0.1, -0.05) is 0 Å². The van der Waals surface area contributed by atoms with Gasteiger partial charge in [0.1, 0.15) is 34.7 Å². The van der Waals surface area contributed by atoms with E-state index in [1.165, 1.54) is 10.6 Å². The average molecular weight is 543 g/mol. The van der Waals surface area contributed by atoms with Gasteiger partial charge in [0.2, 0.25) is 0 Å². The van der Waals surface area contributed by atoms with Crippen LogP contribution in [-0.2, 0) is 11.8 Å². The lowest BCUT2D eigenvalue weighted by Crippen LogP contribution is -2.47. The minimum atomic E-state index is -0.373. The quantitative estimate of drug-likeness (QED) is 0.435. The van der Waals surface area contributed by atoms with Gasteiger partial charge >= 0.3 is 0 Å². The Labute approximate surface area is 234 Å². The topological polar surface area (TPSA) is 98.2 Å². The fourth-order valence-electron chi connectivity index (χ4n) is 6.40. The van der Waals surface area contributed by atoms with Crippen LogP contribution in [0.5, 0.6) is 0 Å². The Bertz CT molecular complexity index is 1540. The lowest BCUT2D eigenvalue weighted by atomic mass is 9.88. The highest BCUT2D eigenvalue weighted by atomic mass is 19.1. The zero-order valence-electron chi connectivity index (χ0n) is 23.4. The highest BCUT2D eigenvalue weighted by Gasteiger charge is 2.32. The van der Waals surface area contributed by atoms with Crippen molar-refractivity contribution in [1.82, 2.24) is 9.55 Å². The Morgan fingerprint density at radius 1 is 1.07 bits per heavy atom. The third-order valence-electron chi connectivity index (χ3n) is 8.59. The molecule has 1 saturated carbocycles. The van der Waals surface area contributed by atoms with Crippen LogP contribution in [-0.4, -0.2) is 47.9 Å². The summed E-state index contributed by atoms with van der Waals surface area (Å²) in [5.41, 5.74) is 3.43. The van der Waals surface area contributed by atoms with Crippen molar-refractivity contribution >= 4 is 22.4 Å². The van der Waals surface area contributed by atoms with E-state index in [4.69, 9.17) is 4.74 Å². The van der Waals surface area contributed by atoms with Crippen molar-refractivity contribution < 1.29 is 9.13 Å². The molecule has 1 unspecified atom stereocenters. The minimum Gasteiger partial charge on any atom is -0.376 e. The molecule has 3 heterocycles. The summed E-state index contributed by atoms with van der Waals surface area (Å²) in [7, 11) is 3.54. The van der Waals surface area contributed by atoms with Crippen molar-refractivity contribution in [2.75, 3.05) is 30.0 Å². The molecule has 0 amide bonds. The highest BCUT2D eigenvalue weighted by molar-refractivity contribution is 5.92. The number of ether oxygens (including phenoxy) is 1. The van der Waals surface area contributed by atoms with Gasteiger partial charge in [-0.2, -0.15) is 10.5 Å². The molecule has 1 aromatic carbocycles. The number of aryl methyl sites for hydroxylation is 2. The van der Waals surface area contributed by atoms with E-state index in [9.17, 15) is 19.7 Å². The number of benzene rings is 1. The van der Waals surface area contributed by atoms with Crippen LogP contribution in [0.15, 0.2) is 35.1 Å². The Kier molecular flexibility index (Phi) is 8.04. The number of aromatic nitrogens is 2. The van der Waals surface area contributed by atoms with Gasteiger partial charge in [-0.3, -0.25) is 4.79 Å². The van der Waals surface area contributed by atoms with Crippen molar-refractivity contribution in [1.29, 1.82) is 10.5 Å². The summed E-state index contributed by atoms with van der Waals surface area (Å²) >= 11 is 0. The average Bonchev–Trinajstić information content (AvgIpc) is 2.98. The lowest BCUT2D eigenvalue weighted by Gasteiger charge is -2.43. The standard InChI is InChI=1S/C31H35FN6O2/c1-20-16-21(32)7-13-27(20)38(19-25-6-4-5-15-40-25)24-11-9-23(10-12-24)36(2)30-26(18-34)31(39)37(3)28-14-8-22(17-33)35-29(28)30/h7-8,13-14,16,23-25H,4-6,9-12,15,19H2,1-3H3. The summed E-state index contributed by atoms with van der Waals surface area (Å²) in [6, 6.07) is 12.8. The summed E-state index contributed by atoms with van der Waals surface area (Å²) in [6.07, 6.45) is 6.94. The molecule has 8 nitrogen and oxygen atoms in total. The molecule has 2 aromatic heterocycles. The fourth-order valence-corrected chi connectivity index (χ4v) is 6.40. The van der Waals surface area contributed by atoms with Crippen LogP contribution in [0.2, 0.25) is 0 Å². The maximum Gasteiger partial charge on any atom is 0.270 e. The third kappa shape index (κ3) is 5.26. The highest BCUT2D eigenvalue weighted by Crippen LogP contribution is 2.36. The minimum absolute atomic E-state index is 0.0419. The number of nitriles is 2. The van der Waals surface area contributed by atoms with Crippen molar-refractivity contribution in [3.63, 3.8) is 0 Å². The van der Waals surface area contributed by atoms with Crippen molar-refractivity contribution in [3.05, 3.63) is 63.3 Å². The second-order valence-electron chi connectivity index (χ2n) is 11.0. The van der Waals surface area contributed by atoms with Crippen LogP contribution in [0.25, 0.3) is 11.0 Å². The zero-order chi connectivity index (χ0) is 28.4. The van der Waals surface area contributed by atoms with Crippen molar-refractivity contribution in [2.45, 2.75) is 70.1 Å². The molecular weight excluding hydrogens is 507 g/mol. The number of hydrogen-bond acceptors (Lipinski definition) is 7. The fraction of sp³-hybridized carbons (Fsp3) is 0.484. The van der Waals surface area contributed by atoms with Crippen LogP contribution < -0.4 is 15.4 Å². The molecule has 0 bridgehead atoms. The first-order valence-corrected chi connectivity index (χ1v) is 14.0. The molecule has 2 aliphatic rings. The summed E-state index contributed by atoms with van der Waals surface area (Å²) < 4.78 is 21.5. The molecule has 40 heavy (non-hydrogen) atoms. The summed E-state index contributed by atoms with van der Waals surface area (Å²) in [5, 5.41) is 19.4. The van der Waals surface area contributed by atoms with E-state index in [0.29, 0.717) is 16.7 Å². The SMILES string of the molecule is Cc1cc(F)ccc1N(CC1CCCCO1)C1CCC(N(C)c2c(C#N)c(=O)n(C)c3ccc(C#N)nc23)CC1. The van der Waals surface area contributed by atoms with Gasteiger partial charge in [0.05, 0.1) is 17.3 Å². The number of hydrogen-bond donors (Lipinski definition) is 0. The van der Waals surface area contributed by atoms with Crippen molar-refractivity contribution in [2.24, 2.45) is 7.05 Å². The van der Waals surface area contributed by atoms with Crippen LogP contribution in [0.1, 0.15) is 61.8 Å². The molecule has 9 heteroatoms. The molecule has 1 aliphatic heterocycles. The lowest BCUT2D eigenvalue weighted by molar-refractivity contribution is 0.0194. The van der Waals surface area contributed by atoms with Gasteiger partial charge in [0.25, 0.3) is 5.56 Å². The van der Waals surface area contributed by atoms with E-state index in [-0.39, 0.29) is 40.8 Å². The third-order valence-corrected chi connectivity index (χ3v) is 8.59. The smallest absolute Gasteiger partial charge is 0.270 e. The molecule has 3 aromatic rings. The zero-order valence-corrected chi connectivity index (χ0v) is 23.4. The van der Waals surface area contributed by atoms with Gasteiger partial charge in [0, 0.05) is 45.0 Å². The molecule has 0 spiro atoms. The molecule has 1 saturated heterocycles. The van der Waals surface area contributed by atoms with Crippen LogP contribution in [0.3, 0.4) is 0 Å². The van der Waals surface area contributed by atoms with E-state index in [1.54, 1.807) is 25.2 Å². The monoisotopic (exact) mass is 542 g/mol. The van der Waals surface area contributed by atoms with Gasteiger partial charge in [-0.25, -0.2) is 9.37 Å². The van der Waals surface area contributed by atoms with Gasteiger partial charge in [0.15, 0.2) is 0 Å². The predicted octanol–water partition coefficient (Wildman–Crippen LogP) is 4.95. The number of pyridine rings is 2. The van der Waals surface area contributed by atoms with E-state index in [2.05, 4.69) is 22.0 Å². The van der Waals surface area contributed by atoms with Gasteiger partial charge < -0.3 is 19.1 Å². The summed E-state index contributed by atoms with van der Waals surface area (Å²) in [5.74, 6) is -0.233. The molecule has 0 radical (unpaired) electrons. The molecule has 208 valence electrons. The second-order valence-corrected chi connectivity index (χ2v) is 11.0. The van der Waals surface area contributed by atoms with E-state index >= 15 is 0 Å². The Balaban J connectivity index is 1.43. The molecule has 2 fully saturated rings. The molecular formula is C31H35FN6O2.